The van der Waals surface area contributed by atoms with Crippen molar-refractivity contribution in [3.63, 3.8) is 0 Å². The first-order valence-corrected chi connectivity index (χ1v) is 10.1. The van der Waals surface area contributed by atoms with Crippen molar-refractivity contribution in [3.8, 4) is 0 Å². The van der Waals surface area contributed by atoms with Crippen LogP contribution in [-0.4, -0.2) is 72.8 Å². The number of aromatic nitrogens is 2. The fourth-order valence-electron chi connectivity index (χ4n) is 3.84. The second-order valence-corrected chi connectivity index (χ2v) is 7.62. The smallest absolute Gasteiger partial charge is 0.287 e. The zero-order valence-corrected chi connectivity index (χ0v) is 17.7. The van der Waals surface area contributed by atoms with Gasteiger partial charge >= 0.3 is 0 Å². The van der Waals surface area contributed by atoms with Crippen LogP contribution < -0.4 is 5.32 Å². The third-order valence-corrected chi connectivity index (χ3v) is 5.55. The Bertz CT molecular complexity index is 819. The highest BCUT2D eigenvalue weighted by atomic mass is 16.5. The molecule has 2 amide bonds. The molecular weight excluding hydrogens is 388 g/mol. The van der Waals surface area contributed by atoms with Crippen molar-refractivity contribution in [1.29, 1.82) is 0 Å². The summed E-state index contributed by atoms with van der Waals surface area (Å²) < 4.78 is 18.2. The Morgan fingerprint density at radius 2 is 2.17 bits per heavy atom. The van der Waals surface area contributed by atoms with Gasteiger partial charge in [-0.15, -0.1) is 0 Å². The van der Waals surface area contributed by atoms with Gasteiger partial charge in [0.1, 0.15) is 5.76 Å². The molecule has 9 nitrogen and oxygen atoms in total. The highest BCUT2D eigenvalue weighted by Crippen LogP contribution is 2.28. The highest BCUT2D eigenvalue weighted by molar-refractivity contribution is 5.91. The predicted molar refractivity (Wildman–Crippen MR) is 109 cm³/mol. The number of nitrogens with zero attached hydrogens (tertiary/aromatic N) is 3. The van der Waals surface area contributed by atoms with E-state index in [9.17, 15) is 9.59 Å². The van der Waals surface area contributed by atoms with Gasteiger partial charge in [-0.3, -0.25) is 9.59 Å². The molecule has 1 fully saturated rings. The standard InChI is InChI=1S/C21H30N4O5/c1-24(10-11-28-2)21(27)15-4-6-18(29-3)17(12-15)23-20(26)19-7-5-16(30-19)13-25-9-8-22-14-25/h5,7-9,14-15,17-18H,4,6,10-13H2,1-3H3,(H,23,26)/t15-,17+,18+/m0/s1. The summed E-state index contributed by atoms with van der Waals surface area (Å²) in [6, 6.07) is 3.18. The summed E-state index contributed by atoms with van der Waals surface area (Å²) in [6.45, 7) is 1.54. The Labute approximate surface area is 176 Å². The van der Waals surface area contributed by atoms with Gasteiger partial charge in [-0.2, -0.15) is 0 Å². The van der Waals surface area contributed by atoms with Gasteiger partial charge in [-0.25, -0.2) is 4.98 Å². The lowest BCUT2D eigenvalue weighted by Crippen LogP contribution is -2.50. The molecule has 1 N–H and O–H groups in total. The Morgan fingerprint density at radius 1 is 1.33 bits per heavy atom. The van der Waals surface area contributed by atoms with E-state index in [1.807, 2.05) is 10.8 Å². The molecule has 1 saturated carbocycles. The van der Waals surface area contributed by atoms with E-state index in [0.29, 0.717) is 38.3 Å². The zero-order chi connectivity index (χ0) is 21.5. The maximum Gasteiger partial charge on any atom is 0.287 e. The second-order valence-electron chi connectivity index (χ2n) is 7.62. The highest BCUT2D eigenvalue weighted by Gasteiger charge is 2.36. The lowest BCUT2D eigenvalue weighted by atomic mass is 9.82. The third-order valence-electron chi connectivity index (χ3n) is 5.55. The summed E-state index contributed by atoms with van der Waals surface area (Å²) in [5, 5.41) is 3.00. The molecule has 30 heavy (non-hydrogen) atoms. The fraction of sp³-hybridized carbons (Fsp3) is 0.571. The lowest BCUT2D eigenvalue weighted by Gasteiger charge is -2.36. The number of furan rings is 1. The number of nitrogens with one attached hydrogen (secondary N) is 1. The first-order valence-electron chi connectivity index (χ1n) is 10.1. The largest absolute Gasteiger partial charge is 0.454 e. The van der Waals surface area contributed by atoms with Gasteiger partial charge in [0, 0.05) is 46.1 Å². The van der Waals surface area contributed by atoms with Crippen LogP contribution in [0.2, 0.25) is 0 Å². The van der Waals surface area contributed by atoms with Crippen LogP contribution >= 0.6 is 0 Å². The van der Waals surface area contributed by atoms with Gasteiger partial charge in [0.15, 0.2) is 5.76 Å². The molecule has 0 radical (unpaired) electrons. The number of methoxy groups -OCH3 is 2. The van der Waals surface area contributed by atoms with Crippen molar-refractivity contribution < 1.29 is 23.5 Å². The Morgan fingerprint density at radius 3 is 2.87 bits per heavy atom. The molecule has 2 aromatic heterocycles. The van der Waals surface area contributed by atoms with Crippen molar-refractivity contribution in [2.75, 3.05) is 34.4 Å². The molecule has 164 valence electrons. The zero-order valence-electron chi connectivity index (χ0n) is 17.7. The Balaban J connectivity index is 1.60. The number of imidazole rings is 1. The lowest BCUT2D eigenvalue weighted by molar-refractivity contribution is -0.137. The van der Waals surface area contributed by atoms with E-state index in [0.717, 1.165) is 6.42 Å². The summed E-state index contributed by atoms with van der Waals surface area (Å²) in [7, 11) is 5.03. The number of likely N-dealkylation sites (N-methyl/N-ethyl adjacent to an activating group) is 1. The number of rotatable bonds is 9. The van der Waals surface area contributed by atoms with Crippen LogP contribution in [0.25, 0.3) is 0 Å². The first-order chi connectivity index (χ1) is 14.5. The van der Waals surface area contributed by atoms with E-state index < -0.39 is 0 Å². The van der Waals surface area contributed by atoms with Crippen LogP contribution in [0.5, 0.6) is 0 Å². The van der Waals surface area contributed by atoms with Gasteiger partial charge in [0.05, 0.1) is 31.6 Å². The number of hydrogen-bond acceptors (Lipinski definition) is 6. The number of amides is 2. The van der Waals surface area contributed by atoms with Crippen LogP contribution in [-0.2, 0) is 20.8 Å². The maximum atomic E-state index is 12.8. The summed E-state index contributed by atoms with van der Waals surface area (Å²) in [5.41, 5.74) is 0. The van der Waals surface area contributed by atoms with Crippen LogP contribution in [0.4, 0.5) is 0 Å². The van der Waals surface area contributed by atoms with Crippen molar-refractivity contribution in [1.82, 2.24) is 19.8 Å². The minimum Gasteiger partial charge on any atom is -0.454 e. The number of carbonyl (C=O) groups excluding carboxylic acids is 2. The second kappa shape index (κ2) is 10.4. The van der Waals surface area contributed by atoms with E-state index in [-0.39, 0.29) is 35.6 Å². The van der Waals surface area contributed by atoms with E-state index in [2.05, 4.69) is 10.3 Å². The van der Waals surface area contributed by atoms with E-state index in [4.69, 9.17) is 13.9 Å². The average molecular weight is 418 g/mol. The predicted octanol–water partition coefficient (Wildman–Crippen LogP) is 1.54. The topological polar surface area (TPSA) is 98.8 Å². The Hall–Kier alpha value is -2.65. The van der Waals surface area contributed by atoms with Crippen molar-refractivity contribution in [3.05, 3.63) is 42.4 Å². The van der Waals surface area contributed by atoms with Crippen molar-refractivity contribution in [2.45, 2.75) is 38.0 Å². The maximum absolute atomic E-state index is 12.8. The van der Waals surface area contributed by atoms with Crippen molar-refractivity contribution in [2.24, 2.45) is 5.92 Å². The van der Waals surface area contributed by atoms with Crippen molar-refractivity contribution >= 4 is 11.8 Å². The SMILES string of the molecule is COCCN(C)C(=O)[C@H]1CC[C@@H](OC)[C@H](NC(=O)c2ccc(Cn3ccnc3)o2)C1. The summed E-state index contributed by atoms with van der Waals surface area (Å²) in [6.07, 6.45) is 7.04. The summed E-state index contributed by atoms with van der Waals surface area (Å²) in [5.74, 6) is 0.515. The third kappa shape index (κ3) is 5.48. The molecule has 0 saturated heterocycles. The Kier molecular flexibility index (Phi) is 7.64. The number of carbonyl (C=O) groups is 2. The molecule has 3 atom stereocenters. The molecule has 9 heteroatoms. The van der Waals surface area contributed by atoms with Gasteiger partial charge in [0.2, 0.25) is 5.91 Å². The molecule has 0 aromatic carbocycles. The minimum absolute atomic E-state index is 0.0708. The molecule has 0 spiro atoms. The van der Waals surface area contributed by atoms with Crippen LogP contribution in [0.1, 0.15) is 35.6 Å². The summed E-state index contributed by atoms with van der Waals surface area (Å²) >= 11 is 0. The molecule has 0 aliphatic heterocycles. The normalized spacial score (nSPS) is 21.4. The van der Waals surface area contributed by atoms with Crippen LogP contribution in [0.15, 0.2) is 35.3 Å². The van der Waals surface area contributed by atoms with E-state index >= 15 is 0 Å². The summed E-state index contributed by atoms with van der Waals surface area (Å²) in [4.78, 5) is 31.2. The monoisotopic (exact) mass is 418 g/mol. The molecule has 0 unspecified atom stereocenters. The van der Waals surface area contributed by atoms with Gasteiger partial charge in [-0.1, -0.05) is 0 Å². The van der Waals surface area contributed by atoms with E-state index in [1.165, 1.54) is 0 Å². The first kappa shape index (κ1) is 22.0. The number of ether oxygens (including phenoxy) is 2. The van der Waals surface area contributed by atoms with Gasteiger partial charge in [-0.05, 0) is 31.4 Å². The molecule has 2 aromatic rings. The van der Waals surface area contributed by atoms with Gasteiger partial charge in [0.25, 0.3) is 5.91 Å². The van der Waals surface area contributed by atoms with Gasteiger partial charge < -0.3 is 28.7 Å². The number of hydrogen-bond donors (Lipinski definition) is 1. The molecular formula is C21H30N4O5. The molecule has 1 aliphatic rings. The van der Waals surface area contributed by atoms with Crippen LogP contribution in [0, 0.1) is 5.92 Å². The molecule has 1 aliphatic carbocycles. The molecule has 2 heterocycles. The fourth-order valence-corrected chi connectivity index (χ4v) is 3.84. The van der Waals surface area contributed by atoms with Crippen LogP contribution in [0.3, 0.4) is 0 Å². The minimum atomic E-state index is -0.306. The quantitative estimate of drug-likeness (QED) is 0.663. The molecule has 3 rings (SSSR count). The average Bonchev–Trinajstić information content (AvgIpc) is 3.44. The molecule has 0 bridgehead atoms. The van der Waals surface area contributed by atoms with E-state index in [1.54, 1.807) is 50.8 Å².